The molecule has 17 heavy (non-hydrogen) atoms. The number of carbonyl (C=O) groups is 1. The molecule has 1 unspecified atom stereocenters. The van der Waals surface area contributed by atoms with Crippen LogP contribution in [0.2, 0.25) is 5.15 Å². The molecule has 5 nitrogen and oxygen atoms in total. The molecule has 1 amide bonds. The van der Waals surface area contributed by atoms with Crippen LogP contribution < -0.4 is 10.9 Å². The summed E-state index contributed by atoms with van der Waals surface area (Å²) < 4.78 is 1.30. The highest BCUT2D eigenvalue weighted by Crippen LogP contribution is 2.01. The number of amides is 1. The molecule has 1 N–H and O–H groups in total. The zero-order valence-electron chi connectivity index (χ0n) is 10.2. The average molecular weight is 258 g/mol. The lowest BCUT2D eigenvalue weighted by Crippen LogP contribution is -2.37. The number of aryl methyl sites for hydroxylation is 1. The van der Waals surface area contributed by atoms with E-state index in [4.69, 9.17) is 11.6 Å². The van der Waals surface area contributed by atoms with Crippen molar-refractivity contribution in [2.45, 2.75) is 39.8 Å². The average Bonchev–Trinajstić information content (AvgIpc) is 2.23. The standard InChI is InChI=1S/C11H16ClN3O2/c1-4-7(2)13-10(16)6-15-8(3)14-9(12)5-11(15)17/h5,7H,4,6H2,1-3H3,(H,13,16). The lowest BCUT2D eigenvalue weighted by Gasteiger charge is -2.13. The monoisotopic (exact) mass is 257 g/mol. The Hall–Kier alpha value is -1.36. The maximum Gasteiger partial charge on any atom is 0.255 e. The lowest BCUT2D eigenvalue weighted by molar-refractivity contribution is -0.122. The van der Waals surface area contributed by atoms with Gasteiger partial charge < -0.3 is 5.32 Å². The van der Waals surface area contributed by atoms with Gasteiger partial charge in [-0.05, 0) is 20.3 Å². The van der Waals surface area contributed by atoms with E-state index in [1.54, 1.807) is 6.92 Å². The molecule has 1 rings (SSSR count). The molecule has 0 fully saturated rings. The van der Waals surface area contributed by atoms with Crippen LogP contribution in [0, 0.1) is 6.92 Å². The molecule has 0 bridgehead atoms. The second-order valence-electron chi connectivity index (χ2n) is 3.93. The van der Waals surface area contributed by atoms with Crippen LogP contribution in [0.5, 0.6) is 0 Å². The molecular weight excluding hydrogens is 242 g/mol. The van der Waals surface area contributed by atoms with Crippen LogP contribution in [0.15, 0.2) is 10.9 Å². The Morgan fingerprint density at radius 2 is 2.29 bits per heavy atom. The van der Waals surface area contributed by atoms with Crippen LogP contribution in [-0.4, -0.2) is 21.5 Å². The zero-order valence-corrected chi connectivity index (χ0v) is 10.9. The Labute approximate surface area is 105 Å². The van der Waals surface area contributed by atoms with Gasteiger partial charge in [-0.15, -0.1) is 0 Å². The van der Waals surface area contributed by atoms with E-state index in [1.807, 2.05) is 13.8 Å². The molecule has 94 valence electrons. The summed E-state index contributed by atoms with van der Waals surface area (Å²) in [4.78, 5) is 27.2. The lowest BCUT2D eigenvalue weighted by atomic mass is 10.2. The van der Waals surface area contributed by atoms with E-state index in [2.05, 4.69) is 10.3 Å². The van der Waals surface area contributed by atoms with Gasteiger partial charge in [0.2, 0.25) is 5.91 Å². The molecule has 1 aromatic heterocycles. The fraction of sp³-hybridized carbons (Fsp3) is 0.545. The van der Waals surface area contributed by atoms with Crippen LogP contribution in [0.3, 0.4) is 0 Å². The molecule has 1 aromatic rings. The van der Waals surface area contributed by atoms with Gasteiger partial charge in [-0.25, -0.2) is 4.98 Å². The predicted octanol–water partition coefficient (Wildman–Crippen LogP) is 1.12. The van der Waals surface area contributed by atoms with E-state index >= 15 is 0 Å². The third-order valence-corrected chi connectivity index (χ3v) is 2.68. The number of halogens is 1. The van der Waals surface area contributed by atoms with Crippen LogP contribution >= 0.6 is 11.6 Å². The van der Waals surface area contributed by atoms with Crippen molar-refractivity contribution >= 4 is 17.5 Å². The highest BCUT2D eigenvalue weighted by atomic mass is 35.5. The van der Waals surface area contributed by atoms with Crippen molar-refractivity contribution in [3.63, 3.8) is 0 Å². The number of aromatic nitrogens is 2. The van der Waals surface area contributed by atoms with Gasteiger partial charge in [0.05, 0.1) is 0 Å². The summed E-state index contributed by atoms with van der Waals surface area (Å²) in [5.41, 5.74) is -0.318. The Morgan fingerprint density at radius 1 is 1.65 bits per heavy atom. The molecule has 0 aromatic carbocycles. The van der Waals surface area contributed by atoms with Gasteiger partial charge in [0.25, 0.3) is 5.56 Å². The SMILES string of the molecule is CCC(C)NC(=O)Cn1c(C)nc(Cl)cc1=O. The molecule has 0 aliphatic carbocycles. The minimum Gasteiger partial charge on any atom is -0.352 e. The molecule has 0 saturated heterocycles. The van der Waals surface area contributed by atoms with Crippen molar-refractivity contribution in [3.8, 4) is 0 Å². The molecule has 0 saturated carbocycles. The third kappa shape index (κ3) is 3.85. The molecule has 1 heterocycles. The van der Waals surface area contributed by atoms with Gasteiger partial charge in [0, 0.05) is 12.1 Å². The first-order valence-electron chi connectivity index (χ1n) is 5.47. The van der Waals surface area contributed by atoms with Crippen molar-refractivity contribution in [2.24, 2.45) is 0 Å². The Bertz CT molecular complexity index is 470. The van der Waals surface area contributed by atoms with E-state index in [0.717, 1.165) is 6.42 Å². The summed E-state index contributed by atoms with van der Waals surface area (Å²) in [6, 6.07) is 1.30. The van der Waals surface area contributed by atoms with Gasteiger partial charge in [-0.3, -0.25) is 14.2 Å². The Kier molecular flexibility index (Phi) is 4.69. The normalized spacial score (nSPS) is 12.2. The summed E-state index contributed by atoms with van der Waals surface area (Å²) in [6.45, 7) is 5.50. The van der Waals surface area contributed by atoms with Gasteiger partial charge in [-0.1, -0.05) is 18.5 Å². The fourth-order valence-corrected chi connectivity index (χ4v) is 1.56. The van der Waals surface area contributed by atoms with Gasteiger partial charge in [0.15, 0.2) is 0 Å². The predicted molar refractivity (Wildman–Crippen MR) is 66.1 cm³/mol. The maximum absolute atomic E-state index is 11.6. The number of carbonyl (C=O) groups excluding carboxylic acids is 1. The second-order valence-corrected chi connectivity index (χ2v) is 4.31. The summed E-state index contributed by atoms with van der Waals surface area (Å²) in [6.07, 6.45) is 0.846. The summed E-state index contributed by atoms with van der Waals surface area (Å²) in [5.74, 6) is 0.232. The topological polar surface area (TPSA) is 64.0 Å². The van der Waals surface area contributed by atoms with Gasteiger partial charge in [0.1, 0.15) is 17.5 Å². The van der Waals surface area contributed by atoms with Crippen molar-refractivity contribution in [2.75, 3.05) is 0 Å². The first-order chi connectivity index (χ1) is 7.93. The molecule has 0 radical (unpaired) electrons. The van der Waals surface area contributed by atoms with Crippen LogP contribution in [0.4, 0.5) is 0 Å². The van der Waals surface area contributed by atoms with Crippen LogP contribution in [-0.2, 0) is 11.3 Å². The first kappa shape index (κ1) is 13.7. The third-order valence-electron chi connectivity index (χ3n) is 2.49. The number of rotatable bonds is 4. The van der Waals surface area contributed by atoms with E-state index in [1.165, 1.54) is 10.6 Å². The summed E-state index contributed by atoms with van der Waals surface area (Å²) in [5, 5.41) is 2.93. The molecule has 0 spiro atoms. The minimum atomic E-state index is -0.318. The first-order valence-corrected chi connectivity index (χ1v) is 5.85. The maximum atomic E-state index is 11.6. The highest BCUT2D eigenvalue weighted by molar-refractivity contribution is 6.29. The van der Waals surface area contributed by atoms with Crippen molar-refractivity contribution in [3.05, 3.63) is 27.4 Å². The van der Waals surface area contributed by atoms with Crippen molar-refractivity contribution in [1.29, 1.82) is 0 Å². The fourth-order valence-electron chi connectivity index (χ4n) is 1.34. The molecule has 6 heteroatoms. The molecule has 0 aliphatic rings. The van der Waals surface area contributed by atoms with E-state index in [-0.39, 0.29) is 29.2 Å². The number of hydrogen-bond donors (Lipinski definition) is 1. The molecule has 1 atom stereocenters. The van der Waals surface area contributed by atoms with Crippen molar-refractivity contribution < 1.29 is 4.79 Å². The van der Waals surface area contributed by atoms with Crippen LogP contribution in [0.1, 0.15) is 26.1 Å². The molecular formula is C11H16ClN3O2. The Morgan fingerprint density at radius 3 is 2.82 bits per heavy atom. The van der Waals surface area contributed by atoms with Gasteiger partial charge >= 0.3 is 0 Å². The highest BCUT2D eigenvalue weighted by Gasteiger charge is 2.10. The summed E-state index contributed by atoms with van der Waals surface area (Å²) in [7, 11) is 0. The number of hydrogen-bond acceptors (Lipinski definition) is 3. The van der Waals surface area contributed by atoms with E-state index < -0.39 is 0 Å². The Balaban J connectivity index is 2.82. The summed E-state index contributed by atoms with van der Waals surface area (Å²) >= 11 is 5.64. The van der Waals surface area contributed by atoms with Gasteiger partial charge in [-0.2, -0.15) is 0 Å². The molecule has 0 aliphatic heterocycles. The number of nitrogens with zero attached hydrogens (tertiary/aromatic N) is 2. The van der Waals surface area contributed by atoms with Crippen LogP contribution in [0.25, 0.3) is 0 Å². The van der Waals surface area contributed by atoms with E-state index in [9.17, 15) is 9.59 Å². The zero-order chi connectivity index (χ0) is 13.0. The quantitative estimate of drug-likeness (QED) is 0.822. The van der Waals surface area contributed by atoms with Crippen molar-refractivity contribution in [1.82, 2.24) is 14.9 Å². The smallest absolute Gasteiger partial charge is 0.255 e. The van der Waals surface area contributed by atoms with E-state index in [0.29, 0.717) is 5.82 Å². The number of nitrogens with one attached hydrogen (secondary N) is 1. The second kappa shape index (κ2) is 5.82. The minimum absolute atomic E-state index is 0.0286. The largest absolute Gasteiger partial charge is 0.352 e.